The number of hydrogen-bond acceptors (Lipinski definition) is 9. The molecule has 2 bridgehead atoms. The second-order valence-corrected chi connectivity index (χ2v) is 15.9. The third-order valence-electron chi connectivity index (χ3n) is 12.6. The van der Waals surface area contributed by atoms with E-state index in [1.807, 2.05) is 4.90 Å². The Labute approximate surface area is 327 Å². The van der Waals surface area contributed by atoms with Gasteiger partial charge in [0.1, 0.15) is 35.2 Å². The topological polar surface area (TPSA) is 95.9 Å². The van der Waals surface area contributed by atoms with E-state index < -0.39 is 73.0 Å². The average molecular weight is 843 g/mol. The molecule has 9 rings (SSSR count). The smallest absolute Gasteiger partial charge is 0.435 e. The monoisotopic (exact) mass is 842 g/mol. The molecular formula is C39H33F11N6O3. The number of phenols is 1. The van der Waals surface area contributed by atoms with Crippen LogP contribution in [-0.4, -0.2) is 105 Å². The molecule has 59 heavy (non-hydrogen) atoms. The summed E-state index contributed by atoms with van der Waals surface area (Å²) in [5.41, 5.74) is -8.25. The Hall–Kier alpha value is -4.74. The number of benzene rings is 2. The van der Waals surface area contributed by atoms with Gasteiger partial charge in [-0.05, 0) is 75.1 Å². The number of nitrogens with zero attached hydrogens (tertiary/aromatic N) is 5. The molecule has 7 heterocycles. The van der Waals surface area contributed by atoms with Crippen molar-refractivity contribution in [3.8, 4) is 35.4 Å². The van der Waals surface area contributed by atoms with Crippen molar-refractivity contribution >= 4 is 27.5 Å². The molecule has 5 atom stereocenters. The van der Waals surface area contributed by atoms with E-state index in [9.17, 15) is 44.6 Å². The van der Waals surface area contributed by atoms with Crippen molar-refractivity contribution < 1.29 is 62.9 Å². The normalized spacial score (nSPS) is 26.0. The van der Waals surface area contributed by atoms with Gasteiger partial charge in [-0.25, -0.2) is 13.8 Å². The molecule has 0 saturated carbocycles. The second-order valence-electron chi connectivity index (χ2n) is 15.9. The molecule has 4 saturated heterocycles. The van der Waals surface area contributed by atoms with Crippen LogP contribution in [0.15, 0.2) is 24.3 Å². The zero-order valence-electron chi connectivity index (χ0n) is 30.6. The van der Waals surface area contributed by atoms with Crippen molar-refractivity contribution in [2.24, 2.45) is 0 Å². The molecule has 0 unspecified atom stereocenters. The van der Waals surface area contributed by atoms with Crippen LogP contribution in [-0.2, 0) is 11.2 Å². The van der Waals surface area contributed by atoms with E-state index in [0.29, 0.717) is 36.9 Å². The minimum absolute atomic E-state index is 0.0291. The molecule has 4 aromatic rings. The van der Waals surface area contributed by atoms with Crippen LogP contribution in [0.3, 0.4) is 0 Å². The quantitative estimate of drug-likeness (QED) is 0.151. The lowest BCUT2D eigenvalue weighted by molar-refractivity contribution is -0.463. The number of halogens is 11. The van der Waals surface area contributed by atoms with Crippen molar-refractivity contribution in [2.75, 3.05) is 31.1 Å². The number of hydrogen-bond donors (Lipinski definition) is 2. The Kier molecular flexibility index (Phi) is 9.01. The number of ether oxygens (including phenoxy) is 2. The maximum absolute atomic E-state index is 17.3. The molecule has 0 amide bonds. The van der Waals surface area contributed by atoms with Crippen LogP contribution < -0.4 is 15.0 Å². The first-order valence-corrected chi connectivity index (χ1v) is 18.9. The van der Waals surface area contributed by atoms with Gasteiger partial charge in [-0.1, -0.05) is 12.0 Å². The summed E-state index contributed by atoms with van der Waals surface area (Å²) in [4.78, 5) is 17.4. The zero-order valence-corrected chi connectivity index (χ0v) is 30.6. The van der Waals surface area contributed by atoms with Crippen molar-refractivity contribution in [3.05, 3.63) is 47.2 Å². The predicted molar refractivity (Wildman–Crippen MR) is 189 cm³/mol. The fourth-order valence-electron chi connectivity index (χ4n) is 10.0. The Bertz CT molecular complexity index is 2380. The van der Waals surface area contributed by atoms with Gasteiger partial charge in [0.2, 0.25) is 0 Å². The number of terminal acetylenes is 1. The Morgan fingerprint density at radius 3 is 2.39 bits per heavy atom. The lowest BCUT2D eigenvalue weighted by Gasteiger charge is -2.41. The number of rotatable bonds is 6. The molecule has 2 N–H and O–H groups in total. The lowest BCUT2D eigenvalue weighted by atomic mass is 9.93. The third-order valence-corrected chi connectivity index (χ3v) is 12.6. The Morgan fingerprint density at radius 1 is 0.932 bits per heavy atom. The molecule has 0 aliphatic carbocycles. The van der Waals surface area contributed by atoms with Gasteiger partial charge in [0.05, 0.1) is 28.3 Å². The fourth-order valence-corrected chi connectivity index (χ4v) is 10.0. The van der Waals surface area contributed by atoms with Crippen LogP contribution in [0.2, 0.25) is 0 Å². The molecule has 5 aliphatic rings. The van der Waals surface area contributed by atoms with Gasteiger partial charge < -0.3 is 24.8 Å². The number of anilines is 1. The zero-order chi connectivity index (χ0) is 42.0. The van der Waals surface area contributed by atoms with Crippen LogP contribution in [0.25, 0.3) is 32.9 Å². The third kappa shape index (κ3) is 6.04. The van der Waals surface area contributed by atoms with Crippen LogP contribution in [0.1, 0.15) is 49.8 Å². The summed E-state index contributed by atoms with van der Waals surface area (Å²) in [5, 5.41) is 14.9. The largest absolute Gasteiger partial charge is 0.508 e. The van der Waals surface area contributed by atoms with E-state index in [-0.39, 0.29) is 75.8 Å². The summed E-state index contributed by atoms with van der Waals surface area (Å²) in [6.07, 6.45) is -14.7. The highest BCUT2D eigenvalue weighted by Gasteiger charge is 2.86. The summed E-state index contributed by atoms with van der Waals surface area (Å²) >= 11 is 0. The number of aromatic nitrogens is 3. The van der Waals surface area contributed by atoms with Gasteiger partial charge in [-0.3, -0.25) is 4.90 Å². The van der Waals surface area contributed by atoms with Gasteiger partial charge in [-0.2, -0.15) is 49.5 Å². The van der Waals surface area contributed by atoms with Gasteiger partial charge >= 0.3 is 30.1 Å². The summed E-state index contributed by atoms with van der Waals surface area (Å²) in [6.45, 7) is -0.610. The molecule has 5 aliphatic heterocycles. The number of alkyl halides is 9. The van der Waals surface area contributed by atoms with Crippen LogP contribution in [0.5, 0.6) is 11.8 Å². The van der Waals surface area contributed by atoms with Crippen molar-refractivity contribution in [2.45, 2.75) is 98.8 Å². The number of aryl methyl sites for hydroxylation is 1. The second kappa shape index (κ2) is 13.4. The first kappa shape index (κ1) is 39.7. The molecule has 0 spiro atoms. The van der Waals surface area contributed by atoms with E-state index >= 15 is 8.78 Å². The van der Waals surface area contributed by atoms with Crippen molar-refractivity contribution in [3.63, 3.8) is 0 Å². The minimum atomic E-state index is -6.89. The molecule has 2 aromatic heterocycles. The van der Waals surface area contributed by atoms with E-state index in [4.69, 9.17) is 21.1 Å². The first-order chi connectivity index (χ1) is 27.7. The minimum Gasteiger partial charge on any atom is -0.508 e. The first-order valence-electron chi connectivity index (χ1n) is 18.9. The fraction of sp³-hybridized carbons (Fsp3) is 0.513. The average Bonchev–Trinajstić information content (AvgIpc) is 3.80. The summed E-state index contributed by atoms with van der Waals surface area (Å²) in [6, 6.07) is 4.56. The van der Waals surface area contributed by atoms with Crippen molar-refractivity contribution in [1.29, 1.82) is 0 Å². The molecule has 0 radical (unpaired) electrons. The highest BCUT2D eigenvalue weighted by atomic mass is 19.4. The van der Waals surface area contributed by atoms with Gasteiger partial charge in [0, 0.05) is 42.2 Å². The van der Waals surface area contributed by atoms with E-state index in [0.717, 1.165) is 18.9 Å². The molecule has 314 valence electrons. The number of pyridine rings is 1. The number of phenolic OH excluding ortho intramolecular Hbond substituents is 1. The Balaban J connectivity index is 1.14. The van der Waals surface area contributed by atoms with Gasteiger partial charge in [-0.15, -0.1) is 6.42 Å². The number of nitrogens with one attached hydrogen (secondary N) is 1. The maximum Gasteiger partial charge on any atom is 0.435 e. The molecule has 2 aromatic carbocycles. The van der Waals surface area contributed by atoms with Crippen LogP contribution >= 0.6 is 0 Å². The summed E-state index contributed by atoms with van der Waals surface area (Å²) in [7, 11) is 0. The van der Waals surface area contributed by atoms with E-state index in [1.165, 1.54) is 23.1 Å². The molecule has 4 fully saturated rings. The predicted octanol–water partition coefficient (Wildman–Crippen LogP) is 7.49. The van der Waals surface area contributed by atoms with Gasteiger partial charge in [0.15, 0.2) is 5.82 Å². The van der Waals surface area contributed by atoms with Crippen LogP contribution in [0, 0.1) is 24.0 Å². The number of fused-ring (bicyclic) bond motifs is 7. The summed E-state index contributed by atoms with van der Waals surface area (Å²) < 4.78 is 167. The molecular weight excluding hydrogens is 809 g/mol. The van der Waals surface area contributed by atoms with Crippen LogP contribution in [0.4, 0.5) is 54.1 Å². The SMILES string of the molecule is C#Cc1c(F)ccc2cc(O)cc(-c3nc4c5c(nc(OC[C@@]67CCCN6C[C@H](OC(C(F)(F)F)(C(F)(F)F)C(F)(F)F)C7)nc5c3F)N3C[C@H]5CC[C@H](N5)[C@H]3CC4)c12. The highest BCUT2D eigenvalue weighted by Crippen LogP contribution is 2.57. The maximum atomic E-state index is 17.3. The number of piperazine rings is 1. The lowest BCUT2D eigenvalue weighted by Crippen LogP contribution is -2.68. The van der Waals surface area contributed by atoms with Gasteiger partial charge in [0.25, 0.3) is 0 Å². The highest BCUT2D eigenvalue weighted by molar-refractivity contribution is 6.03. The summed E-state index contributed by atoms with van der Waals surface area (Å²) in [5.74, 6) is 0.493. The number of aromatic hydroxyl groups is 1. The van der Waals surface area contributed by atoms with E-state index in [2.05, 4.69) is 21.0 Å². The molecule has 20 heteroatoms. The molecule has 9 nitrogen and oxygen atoms in total. The van der Waals surface area contributed by atoms with Crippen molar-refractivity contribution in [1.82, 2.24) is 25.2 Å². The standard InChI is InChI=1S/C39H33F11N6O3/c1-2-22-24(40)6-4-18-12-20(57)13-23(28(18)22)31-30(41)32-29-26(52-31)8-9-27-25-7-5-19(51-25)15-56(27)33(29)54-34(53-32)58-17-35-10-3-11-55(35)16-21(14-35)59-36(37(42,43)44,38(45,46)47)39(48,49)50/h1,4,6,12-13,19,21,25,27,51,57H,3,5,7-11,14-17H2/t19-,21-,25+,27-,35+/m1/s1. The van der Waals surface area contributed by atoms with E-state index in [1.54, 1.807) is 0 Å². The Morgan fingerprint density at radius 2 is 1.68 bits per heavy atom.